The zero-order valence-electron chi connectivity index (χ0n) is 12.2. The van der Waals surface area contributed by atoms with Crippen LogP contribution in [0.4, 0.5) is 0 Å². The molecule has 0 aromatic heterocycles. The Morgan fingerprint density at radius 1 is 0.955 bits per heavy atom. The first kappa shape index (κ1) is 16.3. The molecule has 22 heavy (non-hydrogen) atoms. The molecule has 0 heterocycles. The highest BCUT2D eigenvalue weighted by molar-refractivity contribution is 7.55. The van der Waals surface area contributed by atoms with Crippen LogP contribution >= 0.6 is 7.60 Å². The fraction of sp³-hybridized carbons (Fsp3) is 0.188. The smallest absolute Gasteiger partial charge is 0.390 e. The number of ether oxygens (including phenoxy) is 1. The molecule has 116 valence electrons. The predicted octanol–water partition coefficient (Wildman–Crippen LogP) is 3.90. The van der Waals surface area contributed by atoms with E-state index >= 15 is 0 Å². The maximum absolute atomic E-state index is 12.6. The van der Waals surface area contributed by atoms with Crippen molar-refractivity contribution in [3.8, 4) is 11.5 Å². The molecule has 2 aromatic carbocycles. The van der Waals surface area contributed by atoms with E-state index in [1.807, 2.05) is 6.07 Å². The SMILES string of the molecule is CCOP(=O)(CC(=O)Oc1ccccc1)Oc1ccccc1. The van der Waals surface area contributed by atoms with Crippen LogP contribution in [0.25, 0.3) is 0 Å². The van der Waals surface area contributed by atoms with Gasteiger partial charge < -0.3 is 9.26 Å². The molecule has 6 heteroatoms. The second-order valence-electron chi connectivity index (χ2n) is 4.38. The van der Waals surface area contributed by atoms with E-state index in [2.05, 4.69) is 0 Å². The van der Waals surface area contributed by atoms with Gasteiger partial charge in [0.2, 0.25) is 0 Å². The second kappa shape index (κ2) is 7.78. The number of rotatable bonds is 7. The Morgan fingerprint density at radius 3 is 2.05 bits per heavy atom. The zero-order chi connectivity index (χ0) is 15.8. The van der Waals surface area contributed by atoms with Gasteiger partial charge in [-0.05, 0) is 31.2 Å². The van der Waals surface area contributed by atoms with Crippen LogP contribution in [-0.4, -0.2) is 18.7 Å². The lowest BCUT2D eigenvalue weighted by molar-refractivity contribution is -0.131. The first-order chi connectivity index (χ1) is 10.6. The zero-order valence-corrected chi connectivity index (χ0v) is 13.1. The third kappa shape index (κ3) is 5.02. The maximum atomic E-state index is 12.6. The van der Waals surface area contributed by atoms with E-state index in [1.165, 1.54) is 0 Å². The van der Waals surface area contributed by atoms with Gasteiger partial charge in [0.05, 0.1) is 6.61 Å². The molecule has 0 aliphatic rings. The Labute approximate surface area is 129 Å². The van der Waals surface area contributed by atoms with E-state index in [0.29, 0.717) is 11.5 Å². The van der Waals surface area contributed by atoms with Crippen LogP contribution in [0.5, 0.6) is 11.5 Å². The Bertz CT molecular complexity index is 642. The largest absolute Gasteiger partial charge is 0.426 e. The number of carbonyl (C=O) groups is 1. The summed E-state index contributed by atoms with van der Waals surface area (Å²) < 4.78 is 28.3. The first-order valence-electron chi connectivity index (χ1n) is 6.85. The summed E-state index contributed by atoms with van der Waals surface area (Å²) in [6, 6.07) is 17.2. The number of para-hydroxylation sites is 2. The molecule has 0 bridgehead atoms. The van der Waals surface area contributed by atoms with Crippen LogP contribution in [0, 0.1) is 0 Å². The highest BCUT2D eigenvalue weighted by Crippen LogP contribution is 2.48. The quantitative estimate of drug-likeness (QED) is 0.440. The van der Waals surface area contributed by atoms with Gasteiger partial charge in [0, 0.05) is 0 Å². The molecule has 5 nitrogen and oxygen atoms in total. The molecule has 0 saturated carbocycles. The Kier molecular flexibility index (Phi) is 5.75. The Balaban J connectivity index is 2.04. The molecule has 1 unspecified atom stereocenters. The van der Waals surface area contributed by atoms with Gasteiger partial charge in [0.1, 0.15) is 11.5 Å². The van der Waals surface area contributed by atoms with Gasteiger partial charge in [-0.25, -0.2) is 4.57 Å². The maximum Gasteiger partial charge on any atom is 0.390 e. The van der Waals surface area contributed by atoms with Gasteiger partial charge in [-0.2, -0.15) is 0 Å². The fourth-order valence-corrected chi connectivity index (χ4v) is 3.18. The van der Waals surface area contributed by atoms with Gasteiger partial charge in [0.25, 0.3) is 0 Å². The number of benzene rings is 2. The topological polar surface area (TPSA) is 61.8 Å². The Hall–Kier alpha value is -2.10. The molecule has 0 saturated heterocycles. The monoisotopic (exact) mass is 320 g/mol. The van der Waals surface area contributed by atoms with E-state index in [1.54, 1.807) is 61.5 Å². The van der Waals surface area contributed by atoms with E-state index < -0.39 is 19.7 Å². The lowest BCUT2D eigenvalue weighted by Crippen LogP contribution is -2.16. The van der Waals surface area contributed by atoms with Crippen molar-refractivity contribution in [3.63, 3.8) is 0 Å². The summed E-state index contributed by atoms with van der Waals surface area (Å²) in [6.45, 7) is 1.85. The minimum atomic E-state index is -3.61. The fourth-order valence-electron chi connectivity index (χ4n) is 1.75. The summed E-state index contributed by atoms with van der Waals surface area (Å²) in [5.41, 5.74) is 0. The molecule has 2 aromatic rings. The molecule has 2 rings (SSSR count). The number of carbonyl (C=O) groups excluding carboxylic acids is 1. The van der Waals surface area contributed by atoms with Crippen LogP contribution < -0.4 is 9.26 Å². The minimum Gasteiger partial charge on any atom is -0.426 e. The van der Waals surface area contributed by atoms with Crippen LogP contribution in [-0.2, 0) is 13.9 Å². The van der Waals surface area contributed by atoms with Crippen LogP contribution in [0.3, 0.4) is 0 Å². The summed E-state index contributed by atoms with van der Waals surface area (Å²) in [4.78, 5) is 11.9. The van der Waals surface area contributed by atoms with Crippen LogP contribution in [0.1, 0.15) is 6.92 Å². The highest BCUT2D eigenvalue weighted by Gasteiger charge is 2.31. The van der Waals surface area contributed by atoms with E-state index in [4.69, 9.17) is 13.8 Å². The summed E-state index contributed by atoms with van der Waals surface area (Å²) in [5.74, 6) is 0.0981. The minimum absolute atomic E-state index is 0.169. The van der Waals surface area contributed by atoms with Gasteiger partial charge in [-0.3, -0.25) is 9.32 Å². The van der Waals surface area contributed by atoms with Crippen LogP contribution in [0.15, 0.2) is 60.7 Å². The van der Waals surface area contributed by atoms with Crippen molar-refractivity contribution in [2.45, 2.75) is 6.92 Å². The summed E-state index contributed by atoms with van der Waals surface area (Å²) >= 11 is 0. The predicted molar refractivity (Wildman–Crippen MR) is 83.2 cm³/mol. The van der Waals surface area contributed by atoms with Crippen LogP contribution in [0.2, 0.25) is 0 Å². The third-order valence-electron chi connectivity index (χ3n) is 2.61. The number of hydrogen-bond donors (Lipinski definition) is 0. The van der Waals surface area contributed by atoms with Crippen molar-refractivity contribution >= 4 is 13.6 Å². The Morgan fingerprint density at radius 2 is 1.50 bits per heavy atom. The molecule has 0 spiro atoms. The second-order valence-corrected chi connectivity index (χ2v) is 6.36. The van der Waals surface area contributed by atoms with Crippen molar-refractivity contribution in [1.29, 1.82) is 0 Å². The summed E-state index contributed by atoms with van der Waals surface area (Å²) in [6.07, 6.45) is -0.454. The van der Waals surface area contributed by atoms with Crippen molar-refractivity contribution in [3.05, 3.63) is 60.7 Å². The molecule has 1 atom stereocenters. The van der Waals surface area contributed by atoms with Gasteiger partial charge >= 0.3 is 13.6 Å². The molecular weight excluding hydrogens is 303 g/mol. The number of hydrogen-bond acceptors (Lipinski definition) is 5. The van der Waals surface area contributed by atoms with Crippen molar-refractivity contribution < 1.29 is 23.1 Å². The molecule has 0 aliphatic heterocycles. The molecule has 0 radical (unpaired) electrons. The van der Waals surface area contributed by atoms with Gasteiger partial charge in [0.15, 0.2) is 6.16 Å². The number of esters is 1. The molecule has 0 aliphatic carbocycles. The molecule has 0 fully saturated rings. The van der Waals surface area contributed by atoms with Crippen molar-refractivity contribution in [1.82, 2.24) is 0 Å². The first-order valence-corrected chi connectivity index (χ1v) is 8.58. The standard InChI is InChI=1S/C16H17O5P/c1-2-19-22(18,21-15-11-7-4-8-12-15)13-16(17)20-14-9-5-3-6-10-14/h3-12H,2,13H2,1H3. The van der Waals surface area contributed by atoms with Gasteiger partial charge in [-0.15, -0.1) is 0 Å². The molecule has 0 N–H and O–H groups in total. The van der Waals surface area contributed by atoms with E-state index in [0.717, 1.165) is 0 Å². The summed E-state index contributed by atoms with van der Waals surface area (Å²) in [7, 11) is -3.61. The lowest BCUT2D eigenvalue weighted by atomic mass is 10.3. The summed E-state index contributed by atoms with van der Waals surface area (Å²) in [5, 5.41) is 0. The van der Waals surface area contributed by atoms with Gasteiger partial charge in [-0.1, -0.05) is 36.4 Å². The van der Waals surface area contributed by atoms with Crippen molar-refractivity contribution in [2.75, 3.05) is 12.8 Å². The molecule has 0 amide bonds. The average molecular weight is 320 g/mol. The lowest BCUT2D eigenvalue weighted by Gasteiger charge is -2.17. The highest BCUT2D eigenvalue weighted by atomic mass is 31.2. The average Bonchev–Trinajstić information content (AvgIpc) is 2.49. The van der Waals surface area contributed by atoms with E-state index in [-0.39, 0.29) is 6.61 Å². The third-order valence-corrected chi connectivity index (χ3v) is 4.40. The molecular formula is C16H17O5P. The van der Waals surface area contributed by atoms with Crippen molar-refractivity contribution in [2.24, 2.45) is 0 Å². The normalized spacial score (nSPS) is 13.1. The van der Waals surface area contributed by atoms with E-state index in [9.17, 15) is 9.36 Å².